The molecular formula is C15H25N7. The van der Waals surface area contributed by atoms with Gasteiger partial charge in [0, 0.05) is 38.8 Å². The van der Waals surface area contributed by atoms with Crippen molar-refractivity contribution in [3.63, 3.8) is 0 Å². The second kappa shape index (κ2) is 6.20. The Labute approximate surface area is 131 Å². The number of aromatic nitrogens is 1. The van der Waals surface area contributed by atoms with Crippen molar-refractivity contribution in [2.24, 2.45) is 16.5 Å². The van der Waals surface area contributed by atoms with Crippen molar-refractivity contribution in [3.05, 3.63) is 23.9 Å². The van der Waals surface area contributed by atoms with E-state index in [1.807, 2.05) is 12.1 Å². The molecule has 1 fully saturated rings. The summed E-state index contributed by atoms with van der Waals surface area (Å²) >= 11 is 0. The number of rotatable bonds is 4. The van der Waals surface area contributed by atoms with Crippen LogP contribution in [0.3, 0.4) is 0 Å². The molecule has 0 aromatic carbocycles. The molecule has 2 aliphatic heterocycles. The van der Waals surface area contributed by atoms with Crippen LogP contribution in [-0.2, 0) is 0 Å². The van der Waals surface area contributed by atoms with E-state index in [0.29, 0.717) is 5.84 Å². The minimum absolute atomic E-state index is 0.462. The van der Waals surface area contributed by atoms with Crippen LogP contribution >= 0.6 is 0 Å². The van der Waals surface area contributed by atoms with Crippen molar-refractivity contribution in [3.8, 4) is 0 Å². The van der Waals surface area contributed by atoms with Crippen LogP contribution in [0.25, 0.3) is 0 Å². The standard InChI is InChI=1S/C15H25N7/c1-21-8-10-22(11-9-21)7-3-5-15(17)19-13(16)12-4-2-6-18-14(12)20-15/h2,4,6H,3,5,7-11,17H2,1H3,(H2,16,19)(H,18,20). The maximum Gasteiger partial charge on any atom is 0.185 e. The molecule has 1 saturated heterocycles. The van der Waals surface area contributed by atoms with E-state index in [2.05, 4.69) is 32.1 Å². The molecule has 0 bridgehead atoms. The number of anilines is 1. The fourth-order valence-corrected chi connectivity index (χ4v) is 2.98. The van der Waals surface area contributed by atoms with E-state index in [1.165, 1.54) is 0 Å². The zero-order valence-corrected chi connectivity index (χ0v) is 13.1. The minimum Gasteiger partial charge on any atom is -0.383 e. The van der Waals surface area contributed by atoms with E-state index in [0.717, 1.165) is 56.9 Å². The first-order chi connectivity index (χ1) is 10.6. The molecule has 1 atom stereocenters. The van der Waals surface area contributed by atoms with Crippen LogP contribution in [-0.4, -0.2) is 66.2 Å². The van der Waals surface area contributed by atoms with Gasteiger partial charge in [0.15, 0.2) is 5.79 Å². The molecule has 5 N–H and O–H groups in total. The first kappa shape index (κ1) is 15.2. The van der Waals surface area contributed by atoms with Crippen LogP contribution < -0.4 is 16.8 Å². The van der Waals surface area contributed by atoms with Crippen LogP contribution in [0.1, 0.15) is 18.4 Å². The van der Waals surface area contributed by atoms with Gasteiger partial charge in [-0.3, -0.25) is 5.73 Å². The van der Waals surface area contributed by atoms with Gasteiger partial charge in [0.25, 0.3) is 0 Å². The largest absolute Gasteiger partial charge is 0.383 e. The average Bonchev–Trinajstić information content (AvgIpc) is 2.49. The molecule has 0 radical (unpaired) electrons. The first-order valence-electron chi connectivity index (χ1n) is 7.84. The zero-order valence-electron chi connectivity index (χ0n) is 13.1. The van der Waals surface area contributed by atoms with Gasteiger partial charge in [-0.15, -0.1) is 0 Å². The first-order valence-corrected chi connectivity index (χ1v) is 7.84. The summed E-state index contributed by atoms with van der Waals surface area (Å²) in [6.45, 7) is 5.55. The van der Waals surface area contributed by atoms with Gasteiger partial charge in [0.2, 0.25) is 0 Å². The summed E-state index contributed by atoms with van der Waals surface area (Å²) in [6, 6.07) is 3.75. The molecule has 7 nitrogen and oxygen atoms in total. The molecule has 3 rings (SSSR count). The van der Waals surface area contributed by atoms with Crippen molar-refractivity contribution >= 4 is 11.7 Å². The summed E-state index contributed by atoms with van der Waals surface area (Å²) in [5.41, 5.74) is 13.2. The van der Waals surface area contributed by atoms with Gasteiger partial charge in [-0.05, 0) is 32.1 Å². The van der Waals surface area contributed by atoms with Gasteiger partial charge in [-0.2, -0.15) is 0 Å². The molecule has 22 heavy (non-hydrogen) atoms. The van der Waals surface area contributed by atoms with Crippen molar-refractivity contribution in [2.75, 3.05) is 45.1 Å². The Hall–Kier alpha value is -1.70. The highest BCUT2D eigenvalue weighted by Crippen LogP contribution is 2.24. The molecule has 7 heteroatoms. The van der Waals surface area contributed by atoms with E-state index in [-0.39, 0.29) is 0 Å². The normalized spacial score (nSPS) is 26.2. The fraction of sp³-hybridized carbons (Fsp3) is 0.600. The van der Waals surface area contributed by atoms with E-state index in [9.17, 15) is 0 Å². The molecule has 120 valence electrons. The third-order valence-electron chi connectivity index (χ3n) is 4.37. The number of piperazine rings is 1. The number of fused-ring (bicyclic) bond motifs is 1. The minimum atomic E-state index is -0.849. The lowest BCUT2D eigenvalue weighted by atomic mass is 10.1. The highest BCUT2D eigenvalue weighted by atomic mass is 15.3. The monoisotopic (exact) mass is 303 g/mol. The van der Waals surface area contributed by atoms with Crippen molar-refractivity contribution < 1.29 is 0 Å². The Bertz CT molecular complexity index is 551. The van der Waals surface area contributed by atoms with E-state index in [1.54, 1.807) is 6.20 Å². The molecular weight excluding hydrogens is 278 g/mol. The number of aliphatic imine (C=N–C) groups is 1. The highest BCUT2D eigenvalue weighted by Gasteiger charge is 2.30. The third-order valence-corrected chi connectivity index (χ3v) is 4.37. The van der Waals surface area contributed by atoms with Crippen LogP contribution in [0.5, 0.6) is 0 Å². The maximum absolute atomic E-state index is 6.36. The van der Waals surface area contributed by atoms with Crippen LogP contribution in [0.15, 0.2) is 23.3 Å². The Kier molecular flexibility index (Phi) is 4.28. The van der Waals surface area contributed by atoms with E-state index < -0.39 is 5.79 Å². The molecule has 0 aliphatic carbocycles. The number of amidine groups is 1. The SMILES string of the molecule is CN1CCN(CCCC2(N)N=C(N)c3cccnc3N2)CC1. The van der Waals surface area contributed by atoms with Gasteiger partial charge in [-0.1, -0.05) is 0 Å². The predicted octanol–water partition coefficient (Wildman–Crippen LogP) is -0.147. The second-order valence-corrected chi connectivity index (χ2v) is 6.19. The summed E-state index contributed by atoms with van der Waals surface area (Å²) in [4.78, 5) is 13.6. The van der Waals surface area contributed by atoms with Crippen LogP contribution in [0.2, 0.25) is 0 Å². The predicted molar refractivity (Wildman–Crippen MR) is 88.7 cm³/mol. The quantitative estimate of drug-likeness (QED) is 0.716. The number of nitrogens with one attached hydrogen (secondary N) is 1. The lowest BCUT2D eigenvalue weighted by Crippen LogP contribution is -2.51. The van der Waals surface area contributed by atoms with E-state index in [4.69, 9.17) is 11.5 Å². The van der Waals surface area contributed by atoms with Gasteiger partial charge in [-0.25, -0.2) is 9.98 Å². The molecule has 0 amide bonds. The molecule has 1 aromatic heterocycles. The average molecular weight is 303 g/mol. The van der Waals surface area contributed by atoms with Gasteiger partial charge >= 0.3 is 0 Å². The van der Waals surface area contributed by atoms with Crippen LogP contribution in [0.4, 0.5) is 5.82 Å². The van der Waals surface area contributed by atoms with Gasteiger partial charge in [0.1, 0.15) is 11.7 Å². The van der Waals surface area contributed by atoms with Crippen molar-refractivity contribution in [2.45, 2.75) is 18.6 Å². The lowest BCUT2D eigenvalue weighted by molar-refractivity contribution is 0.150. The summed E-state index contributed by atoms with van der Waals surface area (Å²) < 4.78 is 0. The number of hydrogen-bond donors (Lipinski definition) is 3. The highest BCUT2D eigenvalue weighted by molar-refractivity contribution is 6.03. The molecule has 3 heterocycles. The number of nitrogens with two attached hydrogens (primary N) is 2. The van der Waals surface area contributed by atoms with Gasteiger partial charge < -0.3 is 20.9 Å². The topological polar surface area (TPSA) is 95.8 Å². The Balaban J connectivity index is 1.56. The number of likely N-dealkylation sites (N-methyl/N-ethyl adjacent to an activating group) is 1. The van der Waals surface area contributed by atoms with Crippen molar-refractivity contribution in [1.82, 2.24) is 14.8 Å². The lowest BCUT2D eigenvalue weighted by Gasteiger charge is -2.35. The zero-order chi connectivity index (χ0) is 15.6. The molecule has 1 aromatic rings. The fourth-order valence-electron chi connectivity index (χ4n) is 2.98. The Morgan fingerprint density at radius 2 is 2.09 bits per heavy atom. The molecule has 0 saturated carbocycles. The maximum atomic E-state index is 6.36. The Morgan fingerprint density at radius 1 is 1.32 bits per heavy atom. The number of hydrogen-bond acceptors (Lipinski definition) is 7. The molecule has 1 unspecified atom stereocenters. The molecule has 0 spiro atoms. The summed E-state index contributed by atoms with van der Waals surface area (Å²) in [5.74, 6) is 0.332. The third kappa shape index (κ3) is 3.37. The van der Waals surface area contributed by atoms with Crippen LogP contribution in [0, 0.1) is 0 Å². The van der Waals surface area contributed by atoms with Gasteiger partial charge in [0.05, 0.1) is 5.56 Å². The van der Waals surface area contributed by atoms with E-state index >= 15 is 0 Å². The molecule has 2 aliphatic rings. The van der Waals surface area contributed by atoms with Crippen molar-refractivity contribution in [1.29, 1.82) is 0 Å². The number of nitrogens with zero attached hydrogens (tertiary/aromatic N) is 4. The number of pyridine rings is 1. The smallest absolute Gasteiger partial charge is 0.185 e. The summed E-state index contributed by atoms with van der Waals surface area (Å²) in [6.07, 6.45) is 3.44. The summed E-state index contributed by atoms with van der Waals surface area (Å²) in [7, 11) is 2.17. The second-order valence-electron chi connectivity index (χ2n) is 6.19. The summed E-state index contributed by atoms with van der Waals surface area (Å²) in [5, 5.41) is 3.22. The Morgan fingerprint density at radius 3 is 2.86 bits per heavy atom.